The third kappa shape index (κ3) is 2.03. The van der Waals surface area contributed by atoms with Crippen molar-refractivity contribution in [3.05, 3.63) is 41.6 Å². The van der Waals surface area contributed by atoms with Crippen LogP contribution >= 0.6 is 0 Å². The molecule has 86 valence electrons. The molecule has 1 aromatic carbocycles. The molecule has 5 heteroatoms. The topological polar surface area (TPSA) is 90.4 Å². The number of nitrogens with one attached hydrogen (secondary N) is 1. The molecule has 2 rings (SSSR count). The molecule has 0 saturated heterocycles. The van der Waals surface area contributed by atoms with Gasteiger partial charge in [-0.05, 0) is 12.1 Å². The Balaban J connectivity index is 2.57. The average molecular weight is 231 g/mol. The number of carboxylic acids is 2. The van der Waals surface area contributed by atoms with Crippen LogP contribution in [-0.4, -0.2) is 27.1 Å². The largest absolute Gasteiger partial charge is 0.477 e. The van der Waals surface area contributed by atoms with Crippen molar-refractivity contribution in [3.8, 4) is 0 Å². The molecule has 3 N–H and O–H groups in total. The van der Waals surface area contributed by atoms with Gasteiger partial charge >= 0.3 is 11.9 Å². The van der Waals surface area contributed by atoms with Crippen molar-refractivity contribution in [2.45, 2.75) is 0 Å². The fourth-order valence-corrected chi connectivity index (χ4v) is 1.58. The molecule has 17 heavy (non-hydrogen) atoms. The van der Waals surface area contributed by atoms with Crippen LogP contribution in [0.3, 0.4) is 0 Å². The summed E-state index contributed by atoms with van der Waals surface area (Å²) in [5.41, 5.74) is 0.712. The maximum absolute atomic E-state index is 10.7. The Morgan fingerprint density at radius 3 is 2.41 bits per heavy atom. The molecule has 0 spiro atoms. The van der Waals surface area contributed by atoms with E-state index in [4.69, 9.17) is 10.2 Å². The predicted molar refractivity (Wildman–Crippen MR) is 61.5 cm³/mol. The molecule has 1 heterocycles. The Kier molecular flexibility index (Phi) is 2.66. The van der Waals surface area contributed by atoms with E-state index in [1.54, 1.807) is 18.3 Å². The van der Waals surface area contributed by atoms with Crippen molar-refractivity contribution in [1.82, 2.24) is 4.98 Å². The van der Waals surface area contributed by atoms with E-state index in [0.717, 1.165) is 17.0 Å². The van der Waals surface area contributed by atoms with Crippen molar-refractivity contribution in [2.24, 2.45) is 0 Å². The lowest BCUT2D eigenvalue weighted by Crippen LogP contribution is -2.10. The first kappa shape index (κ1) is 10.9. The molecular formula is C12H9NO4. The maximum atomic E-state index is 10.7. The van der Waals surface area contributed by atoms with E-state index >= 15 is 0 Å². The molecule has 0 aliphatic carbocycles. The smallest absolute Gasteiger partial charge is 0.343 e. The number of carbonyl (C=O) groups is 2. The van der Waals surface area contributed by atoms with Crippen LogP contribution in [0.15, 0.2) is 36.0 Å². The molecule has 0 radical (unpaired) electrons. The van der Waals surface area contributed by atoms with Crippen LogP contribution in [0.2, 0.25) is 0 Å². The fraction of sp³-hybridized carbons (Fsp3) is 0. The van der Waals surface area contributed by atoms with Crippen molar-refractivity contribution in [1.29, 1.82) is 0 Å². The molecule has 5 nitrogen and oxygen atoms in total. The van der Waals surface area contributed by atoms with Crippen LogP contribution in [0, 0.1) is 0 Å². The predicted octanol–water partition coefficient (Wildman–Crippen LogP) is 1.72. The molecule has 0 fully saturated rings. The summed E-state index contributed by atoms with van der Waals surface area (Å²) in [5, 5.41) is 18.3. The van der Waals surface area contributed by atoms with E-state index in [9.17, 15) is 9.59 Å². The van der Waals surface area contributed by atoms with E-state index in [1.807, 2.05) is 12.1 Å². The SMILES string of the molecule is O=C(O)C(=Cc1c[nH]c2ccccc12)C(=O)O. The quantitative estimate of drug-likeness (QED) is 0.426. The number of para-hydroxylation sites is 1. The third-order valence-electron chi connectivity index (χ3n) is 2.38. The van der Waals surface area contributed by atoms with Gasteiger partial charge in [-0.3, -0.25) is 0 Å². The molecule has 1 aromatic heterocycles. The summed E-state index contributed by atoms with van der Waals surface area (Å²) in [7, 11) is 0. The fourth-order valence-electron chi connectivity index (χ4n) is 1.58. The lowest BCUT2D eigenvalue weighted by molar-refractivity contribution is -0.139. The number of aromatic nitrogens is 1. The maximum Gasteiger partial charge on any atom is 0.343 e. The zero-order chi connectivity index (χ0) is 12.4. The van der Waals surface area contributed by atoms with Crippen molar-refractivity contribution in [2.75, 3.05) is 0 Å². The lowest BCUT2D eigenvalue weighted by Gasteiger charge is -1.95. The van der Waals surface area contributed by atoms with Crippen LogP contribution in [0.25, 0.3) is 17.0 Å². The van der Waals surface area contributed by atoms with Crippen molar-refractivity contribution in [3.63, 3.8) is 0 Å². The van der Waals surface area contributed by atoms with Gasteiger partial charge in [0.05, 0.1) is 0 Å². The number of rotatable bonds is 3. The van der Waals surface area contributed by atoms with Gasteiger partial charge in [0.2, 0.25) is 0 Å². The minimum Gasteiger partial charge on any atom is -0.477 e. The Hall–Kier alpha value is -2.56. The van der Waals surface area contributed by atoms with Crippen LogP contribution < -0.4 is 0 Å². The van der Waals surface area contributed by atoms with Gasteiger partial charge in [0.1, 0.15) is 5.57 Å². The molecule has 0 bridgehead atoms. The normalized spacial score (nSPS) is 10.1. The van der Waals surface area contributed by atoms with Gasteiger partial charge in [0.25, 0.3) is 0 Å². The van der Waals surface area contributed by atoms with E-state index in [-0.39, 0.29) is 0 Å². The highest BCUT2D eigenvalue weighted by molar-refractivity contribution is 6.17. The molecule has 0 amide bonds. The highest BCUT2D eigenvalue weighted by Gasteiger charge is 2.16. The van der Waals surface area contributed by atoms with Gasteiger partial charge in [-0.2, -0.15) is 0 Å². The highest BCUT2D eigenvalue weighted by atomic mass is 16.4. The minimum absolute atomic E-state index is 0.542. The molecule has 0 atom stereocenters. The van der Waals surface area contributed by atoms with Gasteiger partial charge in [-0.15, -0.1) is 0 Å². The monoisotopic (exact) mass is 231 g/mol. The summed E-state index contributed by atoms with van der Waals surface area (Å²) >= 11 is 0. The second-order valence-corrected chi connectivity index (χ2v) is 3.46. The Morgan fingerprint density at radius 2 is 1.76 bits per heavy atom. The van der Waals surface area contributed by atoms with Crippen LogP contribution in [0.4, 0.5) is 0 Å². The van der Waals surface area contributed by atoms with Crippen molar-refractivity contribution >= 4 is 28.9 Å². The third-order valence-corrected chi connectivity index (χ3v) is 2.38. The van der Waals surface area contributed by atoms with Crippen LogP contribution in [0.5, 0.6) is 0 Å². The molecule has 0 aliphatic rings. The average Bonchev–Trinajstić information content (AvgIpc) is 2.68. The summed E-state index contributed by atoms with van der Waals surface area (Å²) in [6.07, 6.45) is 2.72. The number of aromatic amines is 1. The molecule has 0 unspecified atom stereocenters. The van der Waals surface area contributed by atoms with Crippen LogP contribution in [-0.2, 0) is 9.59 Å². The number of aliphatic carboxylic acids is 2. The molecule has 2 aromatic rings. The standard InChI is InChI=1S/C12H9NO4/c14-11(15)9(12(16)17)5-7-6-13-10-4-2-1-3-8(7)10/h1-6,13H,(H,14,15)(H,16,17). The molecule has 0 aliphatic heterocycles. The minimum atomic E-state index is -1.46. The van der Waals surface area contributed by atoms with E-state index in [1.165, 1.54) is 0 Å². The first-order valence-corrected chi connectivity index (χ1v) is 4.84. The van der Waals surface area contributed by atoms with Crippen molar-refractivity contribution < 1.29 is 19.8 Å². The summed E-state index contributed by atoms with van der Waals surface area (Å²) in [5.74, 6) is -2.91. The number of carboxylic acid groups (broad SMARTS) is 2. The van der Waals surface area contributed by atoms with E-state index in [2.05, 4.69) is 4.98 Å². The number of hydrogen-bond acceptors (Lipinski definition) is 2. The van der Waals surface area contributed by atoms with Crippen LogP contribution in [0.1, 0.15) is 5.56 Å². The first-order chi connectivity index (χ1) is 8.09. The Bertz CT molecular complexity index is 608. The summed E-state index contributed by atoms with van der Waals surface area (Å²) in [4.78, 5) is 24.4. The second kappa shape index (κ2) is 4.13. The first-order valence-electron chi connectivity index (χ1n) is 4.84. The summed E-state index contributed by atoms with van der Waals surface area (Å²) < 4.78 is 0. The number of fused-ring (bicyclic) bond motifs is 1. The zero-order valence-corrected chi connectivity index (χ0v) is 8.68. The highest BCUT2D eigenvalue weighted by Crippen LogP contribution is 2.20. The summed E-state index contributed by atoms with van der Waals surface area (Å²) in [6.45, 7) is 0. The summed E-state index contributed by atoms with van der Waals surface area (Å²) in [6, 6.07) is 7.25. The van der Waals surface area contributed by atoms with E-state index in [0.29, 0.717) is 5.56 Å². The van der Waals surface area contributed by atoms with Gasteiger partial charge in [0.15, 0.2) is 0 Å². The molecule has 0 saturated carbocycles. The van der Waals surface area contributed by atoms with Gasteiger partial charge in [-0.25, -0.2) is 9.59 Å². The van der Waals surface area contributed by atoms with Gasteiger partial charge in [0, 0.05) is 22.7 Å². The second-order valence-electron chi connectivity index (χ2n) is 3.46. The molecular weight excluding hydrogens is 222 g/mol. The number of hydrogen-bond donors (Lipinski definition) is 3. The Labute approximate surface area is 96.0 Å². The Morgan fingerprint density at radius 1 is 1.12 bits per heavy atom. The number of benzene rings is 1. The zero-order valence-electron chi connectivity index (χ0n) is 8.68. The van der Waals surface area contributed by atoms with Gasteiger partial charge < -0.3 is 15.2 Å². The van der Waals surface area contributed by atoms with E-state index < -0.39 is 17.5 Å². The number of H-pyrrole nitrogens is 1. The van der Waals surface area contributed by atoms with Gasteiger partial charge in [-0.1, -0.05) is 18.2 Å². The lowest BCUT2D eigenvalue weighted by atomic mass is 10.1.